The fourth-order valence-electron chi connectivity index (χ4n) is 3.21. The molecule has 104 valence electrons. The first-order chi connectivity index (χ1) is 9.21. The summed E-state index contributed by atoms with van der Waals surface area (Å²) in [6, 6.07) is 0. The second-order valence-electron chi connectivity index (χ2n) is 5.31. The number of hydrogen-bond donors (Lipinski definition) is 0. The van der Waals surface area contributed by atoms with Gasteiger partial charge in [-0.05, 0) is 6.42 Å². The molecule has 0 aliphatic carbocycles. The molecule has 0 bridgehead atoms. The van der Waals surface area contributed by atoms with Crippen LogP contribution >= 0.6 is 0 Å². The molecule has 0 N–H and O–H groups in total. The van der Waals surface area contributed by atoms with Gasteiger partial charge in [-0.1, -0.05) is 0 Å². The second kappa shape index (κ2) is 4.92. The van der Waals surface area contributed by atoms with Crippen molar-refractivity contribution in [3.05, 3.63) is 0 Å². The zero-order valence-electron chi connectivity index (χ0n) is 11.3. The van der Waals surface area contributed by atoms with Crippen molar-refractivity contribution >= 4 is 18.0 Å². The van der Waals surface area contributed by atoms with Crippen LogP contribution in [0.15, 0.2) is 10.2 Å². The molecular weight excluding hydrogens is 244 g/mol. The maximum atomic E-state index is 11.7. The van der Waals surface area contributed by atoms with Crippen LogP contribution in [0.5, 0.6) is 0 Å². The van der Waals surface area contributed by atoms with Gasteiger partial charge < -0.3 is 14.5 Å². The normalized spacial score (nSPS) is 25.8. The lowest BCUT2D eigenvalue weighted by Crippen LogP contribution is -2.55. The van der Waals surface area contributed by atoms with Gasteiger partial charge in [0.1, 0.15) is 11.6 Å². The lowest BCUT2D eigenvalue weighted by Gasteiger charge is -2.44. The highest BCUT2D eigenvalue weighted by Gasteiger charge is 2.46. The molecule has 1 spiro atoms. The molecule has 2 saturated heterocycles. The number of ether oxygens (including phenoxy) is 1. The van der Waals surface area contributed by atoms with Crippen molar-refractivity contribution in [2.75, 3.05) is 26.2 Å². The predicted molar refractivity (Wildman–Crippen MR) is 72.0 cm³/mol. The van der Waals surface area contributed by atoms with Gasteiger partial charge in [-0.3, -0.25) is 4.79 Å². The minimum atomic E-state index is -0.360. The third kappa shape index (κ3) is 2.25. The summed E-state index contributed by atoms with van der Waals surface area (Å²) < 4.78 is 5.90. The van der Waals surface area contributed by atoms with Gasteiger partial charge in [0.25, 0.3) is 0 Å². The van der Waals surface area contributed by atoms with Crippen molar-refractivity contribution in [3.8, 4) is 0 Å². The van der Waals surface area contributed by atoms with Crippen LogP contribution in [0.25, 0.3) is 0 Å². The van der Waals surface area contributed by atoms with Crippen LogP contribution < -0.4 is 0 Å². The van der Waals surface area contributed by atoms with Gasteiger partial charge in [-0.2, -0.15) is 5.10 Å². The maximum Gasteiger partial charge on any atom is 0.221 e. The van der Waals surface area contributed by atoms with Crippen molar-refractivity contribution in [1.29, 1.82) is 0 Å². The van der Waals surface area contributed by atoms with Crippen LogP contribution in [-0.4, -0.2) is 59.7 Å². The smallest absolute Gasteiger partial charge is 0.221 e. The average Bonchev–Trinajstić information content (AvgIpc) is 2.84. The van der Waals surface area contributed by atoms with Crippen LogP contribution in [0, 0.1) is 0 Å². The van der Waals surface area contributed by atoms with E-state index in [0.29, 0.717) is 6.61 Å². The Kier molecular flexibility index (Phi) is 3.26. The highest BCUT2D eigenvalue weighted by molar-refractivity contribution is 5.86. The summed E-state index contributed by atoms with van der Waals surface area (Å²) in [5, 5.41) is 8.20. The summed E-state index contributed by atoms with van der Waals surface area (Å²) in [6.45, 7) is 4.78. The first kappa shape index (κ1) is 12.6. The summed E-state index contributed by atoms with van der Waals surface area (Å²) in [7, 11) is 0. The minimum Gasteiger partial charge on any atom is -0.358 e. The lowest BCUT2D eigenvalue weighted by atomic mass is 9.98. The molecule has 0 atom stereocenters. The Balaban J connectivity index is 1.67. The fourth-order valence-corrected chi connectivity index (χ4v) is 3.21. The van der Waals surface area contributed by atoms with Crippen molar-refractivity contribution < 1.29 is 9.53 Å². The lowest BCUT2D eigenvalue weighted by molar-refractivity contribution is -0.154. The van der Waals surface area contributed by atoms with Crippen molar-refractivity contribution in [2.24, 2.45) is 10.2 Å². The Bertz CT molecular complexity index is 424. The topological polar surface area (TPSA) is 57.5 Å². The third-order valence-corrected chi connectivity index (χ3v) is 4.22. The van der Waals surface area contributed by atoms with Gasteiger partial charge >= 0.3 is 0 Å². The molecule has 3 aliphatic heterocycles. The monoisotopic (exact) mass is 264 g/mol. The average molecular weight is 264 g/mol. The summed E-state index contributed by atoms with van der Waals surface area (Å²) in [4.78, 5) is 15.9. The van der Waals surface area contributed by atoms with Crippen molar-refractivity contribution in [1.82, 2.24) is 9.80 Å². The quantitative estimate of drug-likeness (QED) is 0.651. The van der Waals surface area contributed by atoms with E-state index < -0.39 is 0 Å². The largest absolute Gasteiger partial charge is 0.358 e. The summed E-state index contributed by atoms with van der Waals surface area (Å²) in [5.74, 6) is 1.19. The van der Waals surface area contributed by atoms with E-state index in [1.165, 1.54) is 0 Å². The van der Waals surface area contributed by atoms with E-state index in [0.717, 1.165) is 51.2 Å². The number of carbonyl (C=O) groups excluding carboxylic acids is 1. The standard InChI is InChI=1S/C13H20N4O2/c1-11(18)17-9-10-19-13(17)4-7-16(8-5-13)12-3-2-6-14-15-12/h6H,2-5,7-10H2,1H3. The van der Waals surface area contributed by atoms with Crippen molar-refractivity contribution in [2.45, 2.75) is 38.3 Å². The fraction of sp³-hybridized carbons (Fsp3) is 0.769. The van der Waals surface area contributed by atoms with E-state index in [-0.39, 0.29) is 11.6 Å². The van der Waals surface area contributed by atoms with Gasteiger partial charge in [-0.25, -0.2) is 0 Å². The molecule has 3 heterocycles. The molecule has 6 heteroatoms. The van der Waals surface area contributed by atoms with E-state index in [9.17, 15) is 4.79 Å². The van der Waals surface area contributed by atoms with Gasteiger partial charge in [0.05, 0.1) is 6.61 Å². The molecule has 0 radical (unpaired) electrons. The van der Waals surface area contributed by atoms with E-state index in [2.05, 4.69) is 15.1 Å². The maximum absolute atomic E-state index is 11.7. The summed E-state index contributed by atoms with van der Waals surface area (Å²) >= 11 is 0. The Morgan fingerprint density at radius 3 is 2.79 bits per heavy atom. The Labute approximate surface area is 113 Å². The van der Waals surface area contributed by atoms with Crippen LogP contribution in [0.3, 0.4) is 0 Å². The first-order valence-corrected chi connectivity index (χ1v) is 6.97. The third-order valence-electron chi connectivity index (χ3n) is 4.22. The summed E-state index contributed by atoms with van der Waals surface area (Å²) in [6.07, 6.45) is 5.50. The molecule has 1 amide bonds. The highest BCUT2D eigenvalue weighted by Crippen LogP contribution is 2.34. The van der Waals surface area contributed by atoms with Crippen LogP contribution in [0.2, 0.25) is 0 Å². The highest BCUT2D eigenvalue weighted by atomic mass is 16.5. The van der Waals surface area contributed by atoms with Gasteiger partial charge in [-0.15, -0.1) is 5.10 Å². The molecule has 0 aromatic rings. The van der Waals surface area contributed by atoms with E-state index in [1.807, 2.05) is 11.1 Å². The predicted octanol–water partition coefficient (Wildman–Crippen LogP) is 0.835. The molecule has 3 rings (SSSR count). The second-order valence-corrected chi connectivity index (χ2v) is 5.31. The number of nitrogens with zero attached hydrogens (tertiary/aromatic N) is 4. The number of carbonyl (C=O) groups is 1. The van der Waals surface area contributed by atoms with Gasteiger partial charge in [0.15, 0.2) is 0 Å². The van der Waals surface area contributed by atoms with E-state index in [1.54, 1.807) is 6.92 Å². The Hall–Kier alpha value is -1.43. The molecule has 19 heavy (non-hydrogen) atoms. The number of amides is 1. The SMILES string of the molecule is CC(=O)N1CCOC12CCN(C1=NN=CCC1)CC2. The van der Waals surface area contributed by atoms with Gasteiger partial charge in [0.2, 0.25) is 5.91 Å². The number of likely N-dealkylation sites (tertiary alicyclic amines) is 1. The number of amidine groups is 1. The van der Waals surface area contributed by atoms with Crippen LogP contribution in [0.1, 0.15) is 32.6 Å². The number of hydrogen-bond acceptors (Lipinski definition) is 5. The molecular formula is C13H20N4O2. The molecule has 3 aliphatic rings. The van der Waals surface area contributed by atoms with Gasteiger partial charge in [0, 0.05) is 52.0 Å². The number of rotatable bonds is 0. The number of piperidine rings is 1. The molecule has 2 fully saturated rings. The zero-order valence-corrected chi connectivity index (χ0v) is 11.3. The van der Waals surface area contributed by atoms with E-state index in [4.69, 9.17) is 4.74 Å². The Morgan fingerprint density at radius 1 is 1.37 bits per heavy atom. The van der Waals surface area contributed by atoms with Crippen LogP contribution in [0.4, 0.5) is 0 Å². The Morgan fingerprint density at radius 2 is 2.16 bits per heavy atom. The molecule has 0 aromatic heterocycles. The minimum absolute atomic E-state index is 0.116. The molecule has 0 unspecified atom stereocenters. The van der Waals surface area contributed by atoms with Crippen molar-refractivity contribution in [3.63, 3.8) is 0 Å². The summed E-state index contributed by atoms with van der Waals surface area (Å²) in [5.41, 5.74) is -0.360. The first-order valence-electron chi connectivity index (χ1n) is 6.97. The molecule has 0 saturated carbocycles. The zero-order chi connectivity index (χ0) is 13.3. The van der Waals surface area contributed by atoms with E-state index >= 15 is 0 Å². The molecule has 6 nitrogen and oxygen atoms in total. The molecule has 0 aromatic carbocycles. The van der Waals surface area contributed by atoms with Crippen LogP contribution in [-0.2, 0) is 9.53 Å².